The van der Waals surface area contributed by atoms with Crippen LogP contribution in [0.4, 0.5) is 14.9 Å². The van der Waals surface area contributed by atoms with E-state index in [4.69, 9.17) is 0 Å². The van der Waals surface area contributed by atoms with Gasteiger partial charge in [0, 0.05) is 10.5 Å². The van der Waals surface area contributed by atoms with Gasteiger partial charge in [0.05, 0.1) is 11.8 Å². The Morgan fingerprint density at radius 2 is 2.00 bits per heavy atom. The quantitative estimate of drug-likeness (QED) is 0.780. The minimum absolute atomic E-state index is 0.0404. The van der Waals surface area contributed by atoms with Gasteiger partial charge in [0.1, 0.15) is 5.82 Å². The highest BCUT2D eigenvalue weighted by Gasteiger charge is 2.21. The number of amides is 2. The molecule has 6 heteroatoms. The second-order valence-electron chi connectivity index (χ2n) is 4.73. The molecule has 0 radical (unpaired) electrons. The number of halogens is 2. The second kappa shape index (κ2) is 6.34. The van der Waals surface area contributed by atoms with E-state index in [1.54, 1.807) is 6.07 Å². The van der Waals surface area contributed by atoms with Crippen molar-refractivity contribution >= 4 is 27.6 Å². The van der Waals surface area contributed by atoms with E-state index in [1.165, 1.54) is 12.1 Å². The summed E-state index contributed by atoms with van der Waals surface area (Å²) in [6.45, 7) is 0. The topological polar surface area (TPSA) is 61.4 Å². The fourth-order valence-electron chi connectivity index (χ4n) is 2.16. The highest BCUT2D eigenvalue weighted by molar-refractivity contribution is 9.10. The van der Waals surface area contributed by atoms with Crippen molar-refractivity contribution in [3.8, 4) is 0 Å². The molecule has 1 aliphatic carbocycles. The van der Waals surface area contributed by atoms with Crippen molar-refractivity contribution in [1.82, 2.24) is 5.32 Å². The van der Waals surface area contributed by atoms with Crippen LogP contribution in [0.15, 0.2) is 22.7 Å². The van der Waals surface area contributed by atoms with Crippen LogP contribution in [0.2, 0.25) is 0 Å². The smallest absolute Gasteiger partial charge is 0.319 e. The van der Waals surface area contributed by atoms with Gasteiger partial charge in [0.2, 0.25) is 0 Å². The van der Waals surface area contributed by atoms with Gasteiger partial charge in [-0.3, -0.25) is 0 Å². The molecule has 0 saturated heterocycles. The lowest BCUT2D eigenvalue weighted by atomic mass is 9.93. The third kappa shape index (κ3) is 4.18. The molecule has 1 aromatic rings. The standard InChI is InChI=1S/C13H16BrFN2O2/c14-8-1-6-11(15)12(7-8)17-13(19)16-9-2-4-10(18)5-3-9/h1,6-7,9-10,18H,2-5H2,(H2,16,17,19). The summed E-state index contributed by atoms with van der Waals surface area (Å²) in [6, 6.07) is 3.99. The van der Waals surface area contributed by atoms with Gasteiger partial charge in [-0.15, -0.1) is 0 Å². The minimum atomic E-state index is -0.475. The van der Waals surface area contributed by atoms with E-state index in [9.17, 15) is 14.3 Å². The second-order valence-corrected chi connectivity index (χ2v) is 5.64. The summed E-state index contributed by atoms with van der Waals surface area (Å²) in [6.07, 6.45) is 2.61. The number of hydrogen-bond acceptors (Lipinski definition) is 2. The SMILES string of the molecule is O=C(Nc1cc(Br)ccc1F)NC1CCC(O)CC1. The van der Waals surface area contributed by atoms with Crippen LogP contribution in [0.5, 0.6) is 0 Å². The molecule has 19 heavy (non-hydrogen) atoms. The molecular formula is C13H16BrFN2O2. The zero-order valence-corrected chi connectivity index (χ0v) is 11.9. The first-order chi connectivity index (χ1) is 9.04. The Hall–Kier alpha value is -1.14. The molecule has 1 saturated carbocycles. The third-order valence-electron chi connectivity index (χ3n) is 3.21. The van der Waals surface area contributed by atoms with Crippen molar-refractivity contribution < 1.29 is 14.3 Å². The molecule has 0 heterocycles. The van der Waals surface area contributed by atoms with Crippen LogP contribution in [0.1, 0.15) is 25.7 Å². The van der Waals surface area contributed by atoms with Crippen LogP contribution in [0, 0.1) is 5.82 Å². The molecule has 0 atom stereocenters. The number of benzene rings is 1. The minimum Gasteiger partial charge on any atom is -0.393 e. The van der Waals surface area contributed by atoms with Crippen molar-refractivity contribution in [1.29, 1.82) is 0 Å². The number of carbonyl (C=O) groups excluding carboxylic acids is 1. The van der Waals surface area contributed by atoms with Gasteiger partial charge in [-0.05, 0) is 43.9 Å². The summed E-state index contributed by atoms with van der Waals surface area (Å²) in [7, 11) is 0. The van der Waals surface area contributed by atoms with Gasteiger partial charge in [-0.1, -0.05) is 15.9 Å². The summed E-state index contributed by atoms with van der Waals surface area (Å²) in [4.78, 5) is 11.8. The predicted octanol–water partition coefficient (Wildman–Crippen LogP) is 3.01. The van der Waals surface area contributed by atoms with E-state index in [1.807, 2.05) is 0 Å². The lowest BCUT2D eigenvalue weighted by molar-refractivity contribution is 0.118. The van der Waals surface area contributed by atoms with Crippen LogP contribution < -0.4 is 10.6 Å². The van der Waals surface area contributed by atoms with Crippen LogP contribution >= 0.6 is 15.9 Å². The monoisotopic (exact) mass is 330 g/mol. The van der Waals surface area contributed by atoms with Gasteiger partial charge in [0.15, 0.2) is 0 Å². The van der Waals surface area contributed by atoms with E-state index in [2.05, 4.69) is 26.6 Å². The van der Waals surface area contributed by atoms with E-state index in [0.717, 1.165) is 12.8 Å². The Morgan fingerprint density at radius 1 is 1.32 bits per heavy atom. The number of nitrogens with one attached hydrogen (secondary N) is 2. The Bertz CT molecular complexity index is 462. The molecule has 0 bridgehead atoms. The first-order valence-electron chi connectivity index (χ1n) is 6.25. The maximum atomic E-state index is 13.5. The summed E-state index contributed by atoms with van der Waals surface area (Å²) in [5, 5.41) is 14.7. The molecule has 1 aliphatic rings. The van der Waals surface area contributed by atoms with Gasteiger partial charge >= 0.3 is 6.03 Å². The number of carbonyl (C=O) groups is 1. The zero-order valence-electron chi connectivity index (χ0n) is 10.3. The molecule has 1 aromatic carbocycles. The largest absolute Gasteiger partial charge is 0.393 e. The average molecular weight is 331 g/mol. The first kappa shape index (κ1) is 14.3. The molecule has 4 nitrogen and oxygen atoms in total. The molecule has 2 amide bonds. The van der Waals surface area contributed by atoms with E-state index in [-0.39, 0.29) is 17.8 Å². The summed E-state index contributed by atoms with van der Waals surface area (Å²) >= 11 is 3.23. The highest BCUT2D eigenvalue weighted by atomic mass is 79.9. The molecule has 1 fully saturated rings. The number of urea groups is 1. The van der Waals surface area contributed by atoms with E-state index >= 15 is 0 Å². The van der Waals surface area contributed by atoms with E-state index < -0.39 is 11.8 Å². The van der Waals surface area contributed by atoms with Crippen molar-refractivity contribution in [2.75, 3.05) is 5.32 Å². The molecule has 0 aliphatic heterocycles. The number of aliphatic hydroxyl groups excluding tert-OH is 1. The first-order valence-corrected chi connectivity index (χ1v) is 7.04. The van der Waals surface area contributed by atoms with Crippen molar-refractivity contribution in [2.45, 2.75) is 37.8 Å². The number of anilines is 1. The van der Waals surface area contributed by atoms with Gasteiger partial charge in [0.25, 0.3) is 0 Å². The normalized spacial score (nSPS) is 22.9. The number of hydrogen-bond donors (Lipinski definition) is 3. The maximum absolute atomic E-state index is 13.5. The average Bonchev–Trinajstić information content (AvgIpc) is 2.37. The number of aliphatic hydroxyl groups is 1. The molecule has 104 valence electrons. The molecule has 3 N–H and O–H groups in total. The zero-order chi connectivity index (χ0) is 13.8. The Kier molecular flexibility index (Phi) is 4.76. The van der Waals surface area contributed by atoms with Gasteiger partial charge in [-0.25, -0.2) is 9.18 Å². The molecule has 0 aromatic heterocycles. The Morgan fingerprint density at radius 3 is 2.68 bits per heavy atom. The fraction of sp³-hybridized carbons (Fsp3) is 0.462. The van der Waals surface area contributed by atoms with Crippen LogP contribution in [0.25, 0.3) is 0 Å². The Balaban J connectivity index is 1.89. The summed E-state index contributed by atoms with van der Waals surface area (Å²) in [5.41, 5.74) is 0.141. The van der Waals surface area contributed by atoms with E-state index in [0.29, 0.717) is 17.3 Å². The third-order valence-corrected chi connectivity index (χ3v) is 3.70. The predicted molar refractivity (Wildman–Crippen MR) is 74.5 cm³/mol. The molecular weight excluding hydrogens is 315 g/mol. The lowest BCUT2D eigenvalue weighted by Gasteiger charge is -2.26. The molecule has 0 unspecified atom stereocenters. The van der Waals surface area contributed by atoms with Crippen LogP contribution in [0.3, 0.4) is 0 Å². The fourth-order valence-corrected chi connectivity index (χ4v) is 2.52. The van der Waals surface area contributed by atoms with Gasteiger partial charge in [-0.2, -0.15) is 0 Å². The van der Waals surface area contributed by atoms with Crippen molar-refractivity contribution in [3.63, 3.8) is 0 Å². The van der Waals surface area contributed by atoms with Crippen LogP contribution in [-0.2, 0) is 0 Å². The maximum Gasteiger partial charge on any atom is 0.319 e. The molecule has 0 spiro atoms. The summed E-state index contributed by atoms with van der Waals surface area (Å²) < 4.78 is 14.2. The van der Waals surface area contributed by atoms with Crippen molar-refractivity contribution in [2.24, 2.45) is 0 Å². The number of rotatable bonds is 2. The van der Waals surface area contributed by atoms with Crippen LogP contribution in [-0.4, -0.2) is 23.3 Å². The highest BCUT2D eigenvalue weighted by Crippen LogP contribution is 2.21. The lowest BCUT2D eigenvalue weighted by Crippen LogP contribution is -2.41. The van der Waals surface area contributed by atoms with Gasteiger partial charge < -0.3 is 15.7 Å². The van der Waals surface area contributed by atoms with Crippen molar-refractivity contribution in [3.05, 3.63) is 28.5 Å². The summed E-state index contributed by atoms with van der Waals surface area (Å²) in [5.74, 6) is -0.475. The molecule has 2 rings (SSSR count). The Labute approximate surface area is 119 Å².